The summed E-state index contributed by atoms with van der Waals surface area (Å²) < 4.78 is 52.7. The molecular formula is C26H27F3N6O5. The summed E-state index contributed by atoms with van der Waals surface area (Å²) in [6.45, 7) is 8.37. The number of nitrogens with zero attached hydrogens (tertiary/aromatic N) is 6. The first-order valence-electron chi connectivity index (χ1n) is 12.3. The van der Waals surface area contributed by atoms with Crippen LogP contribution in [0, 0.1) is 5.92 Å². The number of carbonyl (C=O) groups excluding carboxylic acids is 2. The fourth-order valence-corrected chi connectivity index (χ4v) is 3.80. The first-order valence-corrected chi connectivity index (χ1v) is 12.3. The predicted octanol–water partition coefficient (Wildman–Crippen LogP) is 4.13. The smallest absolute Gasteiger partial charge is 0.420 e. The molecule has 212 valence electrons. The van der Waals surface area contributed by atoms with Gasteiger partial charge in [0.2, 0.25) is 0 Å². The molecule has 0 fully saturated rings. The number of fused-ring (bicyclic) bond motifs is 2. The molecule has 3 heterocycles. The van der Waals surface area contributed by atoms with Gasteiger partial charge in [-0.1, -0.05) is 13.8 Å². The predicted molar refractivity (Wildman–Crippen MR) is 137 cm³/mol. The van der Waals surface area contributed by atoms with Crippen molar-refractivity contribution in [3.8, 4) is 0 Å². The third-order valence-electron chi connectivity index (χ3n) is 5.46. The lowest BCUT2D eigenvalue weighted by molar-refractivity contribution is -0.144. The molecule has 0 radical (unpaired) electrons. The average molecular weight is 561 g/mol. The van der Waals surface area contributed by atoms with Crippen molar-refractivity contribution in [1.82, 2.24) is 29.3 Å². The van der Waals surface area contributed by atoms with Gasteiger partial charge in [-0.3, -0.25) is 14.6 Å². The molecule has 0 bridgehead atoms. The summed E-state index contributed by atoms with van der Waals surface area (Å²) in [5, 5.41) is 4.28. The molecule has 0 saturated heterocycles. The van der Waals surface area contributed by atoms with Gasteiger partial charge in [0, 0.05) is 12.4 Å². The Labute approximate surface area is 226 Å². The van der Waals surface area contributed by atoms with Gasteiger partial charge in [-0.25, -0.2) is 24.0 Å². The Hall–Kier alpha value is -4.36. The first-order chi connectivity index (χ1) is 18.6. The minimum absolute atomic E-state index is 0.0448. The van der Waals surface area contributed by atoms with Crippen LogP contribution in [0.2, 0.25) is 0 Å². The number of esters is 1. The van der Waals surface area contributed by atoms with Gasteiger partial charge in [0.1, 0.15) is 29.2 Å². The van der Waals surface area contributed by atoms with Crippen molar-refractivity contribution >= 4 is 34.1 Å². The summed E-state index contributed by atoms with van der Waals surface area (Å²) in [4.78, 5) is 51.3. The molecule has 4 aromatic rings. The number of rotatable bonds is 6. The van der Waals surface area contributed by atoms with E-state index in [0.717, 1.165) is 27.4 Å². The molecule has 40 heavy (non-hydrogen) atoms. The van der Waals surface area contributed by atoms with Gasteiger partial charge in [-0.05, 0) is 44.9 Å². The number of hydrogen-bond acceptors (Lipinski definition) is 9. The maximum atomic E-state index is 13.4. The van der Waals surface area contributed by atoms with E-state index in [4.69, 9.17) is 9.47 Å². The standard InChI is InChI=1S/C26H27F3N6O5/c1-14(2)13-39-20(36)11-17-21-22(31-9-8-30-21)23(37)34(33-17)12-19-32-16-10-15(26(27,28)29)6-7-18(16)35(19)24(38)40-25(3,4)5/h6-10,14H,11-13H2,1-5H3. The summed E-state index contributed by atoms with van der Waals surface area (Å²) >= 11 is 0. The Morgan fingerprint density at radius 3 is 2.35 bits per heavy atom. The highest BCUT2D eigenvalue weighted by molar-refractivity contribution is 5.88. The summed E-state index contributed by atoms with van der Waals surface area (Å²) in [6.07, 6.45) is -3.23. The zero-order valence-corrected chi connectivity index (χ0v) is 22.4. The third-order valence-corrected chi connectivity index (χ3v) is 5.46. The van der Waals surface area contributed by atoms with Crippen LogP contribution in [-0.2, 0) is 33.4 Å². The van der Waals surface area contributed by atoms with Crippen LogP contribution in [0.1, 0.15) is 51.7 Å². The van der Waals surface area contributed by atoms with E-state index in [1.54, 1.807) is 20.8 Å². The molecule has 0 atom stereocenters. The molecule has 1 aromatic carbocycles. The van der Waals surface area contributed by atoms with Crippen LogP contribution >= 0.6 is 0 Å². The lowest BCUT2D eigenvalue weighted by Crippen LogP contribution is -2.31. The number of aromatic nitrogens is 6. The maximum Gasteiger partial charge on any atom is 0.420 e. The van der Waals surface area contributed by atoms with Gasteiger partial charge in [-0.2, -0.15) is 18.3 Å². The first kappa shape index (κ1) is 28.6. The van der Waals surface area contributed by atoms with Crippen molar-refractivity contribution in [2.24, 2.45) is 5.92 Å². The molecule has 14 heteroatoms. The van der Waals surface area contributed by atoms with Crippen molar-refractivity contribution in [1.29, 1.82) is 0 Å². The largest absolute Gasteiger partial charge is 0.465 e. The van der Waals surface area contributed by atoms with Crippen LogP contribution in [0.15, 0.2) is 35.4 Å². The quantitative estimate of drug-likeness (QED) is 0.320. The molecule has 0 saturated carbocycles. The number of halogens is 3. The molecule has 0 N–H and O–H groups in total. The van der Waals surface area contributed by atoms with Crippen molar-refractivity contribution < 1.29 is 32.2 Å². The van der Waals surface area contributed by atoms with Gasteiger partial charge in [0.25, 0.3) is 5.56 Å². The molecule has 0 aliphatic heterocycles. The van der Waals surface area contributed by atoms with E-state index in [1.165, 1.54) is 12.4 Å². The number of imidazole rings is 1. The van der Waals surface area contributed by atoms with E-state index >= 15 is 0 Å². The number of benzene rings is 1. The molecule has 0 aliphatic carbocycles. The fourth-order valence-electron chi connectivity index (χ4n) is 3.80. The van der Waals surface area contributed by atoms with E-state index in [0.29, 0.717) is 0 Å². The Morgan fingerprint density at radius 2 is 1.73 bits per heavy atom. The highest BCUT2D eigenvalue weighted by Gasteiger charge is 2.32. The van der Waals surface area contributed by atoms with Crippen LogP contribution in [0.25, 0.3) is 22.1 Å². The van der Waals surface area contributed by atoms with Crippen LogP contribution in [0.5, 0.6) is 0 Å². The minimum atomic E-state index is -4.64. The van der Waals surface area contributed by atoms with E-state index in [2.05, 4.69) is 20.1 Å². The normalized spacial score (nSPS) is 12.3. The number of hydrogen-bond donors (Lipinski definition) is 0. The second kappa shape index (κ2) is 10.7. The fraction of sp³-hybridized carbons (Fsp3) is 0.423. The molecule has 4 rings (SSSR count). The van der Waals surface area contributed by atoms with Crippen molar-refractivity contribution in [2.45, 2.75) is 59.4 Å². The van der Waals surface area contributed by atoms with Crippen molar-refractivity contribution in [3.05, 3.63) is 58.0 Å². The topological polar surface area (TPSA) is 131 Å². The Bertz CT molecular complexity index is 1650. The van der Waals surface area contributed by atoms with Gasteiger partial charge >= 0.3 is 18.2 Å². The molecular weight excluding hydrogens is 533 g/mol. The van der Waals surface area contributed by atoms with Crippen LogP contribution in [0.4, 0.5) is 18.0 Å². The lowest BCUT2D eigenvalue weighted by atomic mass is 10.2. The molecule has 0 aliphatic rings. The van der Waals surface area contributed by atoms with Gasteiger partial charge in [0.15, 0.2) is 5.52 Å². The Morgan fingerprint density at radius 1 is 1.05 bits per heavy atom. The minimum Gasteiger partial charge on any atom is -0.465 e. The molecule has 0 unspecified atom stereocenters. The molecule has 3 aromatic heterocycles. The molecule has 0 amide bonds. The number of alkyl halides is 3. The summed E-state index contributed by atoms with van der Waals surface area (Å²) in [5.74, 6) is -0.616. The highest BCUT2D eigenvalue weighted by atomic mass is 19.4. The average Bonchev–Trinajstić information content (AvgIpc) is 3.21. The Kier molecular flexibility index (Phi) is 7.63. The maximum absolute atomic E-state index is 13.4. The Balaban J connectivity index is 1.84. The summed E-state index contributed by atoms with van der Waals surface area (Å²) in [7, 11) is 0. The van der Waals surface area contributed by atoms with Gasteiger partial charge in [0.05, 0.1) is 29.6 Å². The van der Waals surface area contributed by atoms with Gasteiger partial charge < -0.3 is 9.47 Å². The third kappa shape index (κ3) is 6.26. The second-order valence-electron chi connectivity index (χ2n) is 10.5. The van der Waals surface area contributed by atoms with E-state index in [1.807, 2.05) is 13.8 Å². The van der Waals surface area contributed by atoms with Crippen LogP contribution in [-0.4, -0.2) is 53.6 Å². The van der Waals surface area contributed by atoms with E-state index < -0.39 is 41.5 Å². The molecule has 11 nitrogen and oxygen atoms in total. The monoisotopic (exact) mass is 560 g/mol. The van der Waals surface area contributed by atoms with Crippen LogP contribution in [0.3, 0.4) is 0 Å². The summed E-state index contributed by atoms with van der Waals surface area (Å²) in [5.41, 5.74) is -2.60. The zero-order valence-electron chi connectivity index (χ0n) is 22.4. The zero-order chi connectivity index (χ0) is 29.4. The highest BCUT2D eigenvalue weighted by Crippen LogP contribution is 2.32. The van der Waals surface area contributed by atoms with E-state index in [-0.39, 0.29) is 52.5 Å². The van der Waals surface area contributed by atoms with Crippen molar-refractivity contribution in [3.63, 3.8) is 0 Å². The van der Waals surface area contributed by atoms with Gasteiger partial charge in [-0.15, -0.1) is 0 Å². The second-order valence-corrected chi connectivity index (χ2v) is 10.5. The molecule has 0 spiro atoms. The summed E-state index contributed by atoms with van der Waals surface area (Å²) in [6, 6.07) is 2.74. The van der Waals surface area contributed by atoms with E-state index in [9.17, 15) is 27.6 Å². The van der Waals surface area contributed by atoms with Crippen LogP contribution < -0.4 is 5.56 Å². The lowest BCUT2D eigenvalue weighted by Gasteiger charge is -2.20. The number of ether oxygens (including phenoxy) is 2. The SMILES string of the molecule is CC(C)COC(=O)Cc1nn(Cc2nc3cc(C(F)(F)F)ccc3n2C(=O)OC(C)(C)C)c(=O)c2nccnc12. The van der Waals surface area contributed by atoms with Crippen molar-refractivity contribution in [2.75, 3.05) is 6.61 Å². The number of carbonyl (C=O) groups is 2.